The van der Waals surface area contributed by atoms with Crippen molar-refractivity contribution in [3.8, 4) is 28.5 Å². The number of nitrogens with one attached hydrogen (secondary N) is 1. The highest BCUT2D eigenvalue weighted by Gasteiger charge is 2.22. The number of benzene rings is 2. The molecule has 0 unspecified atom stereocenters. The van der Waals surface area contributed by atoms with Gasteiger partial charge < -0.3 is 24.1 Å². The fourth-order valence-electron chi connectivity index (χ4n) is 4.05. The van der Waals surface area contributed by atoms with Crippen molar-refractivity contribution < 1.29 is 19.0 Å². The summed E-state index contributed by atoms with van der Waals surface area (Å²) >= 11 is 0. The van der Waals surface area contributed by atoms with E-state index in [0.717, 1.165) is 27.4 Å². The van der Waals surface area contributed by atoms with Crippen LogP contribution in [0.3, 0.4) is 0 Å². The first-order valence-corrected chi connectivity index (χ1v) is 10.6. The summed E-state index contributed by atoms with van der Waals surface area (Å²) in [4.78, 5) is 23.3. The Kier molecular flexibility index (Phi) is 5.90. The third-order valence-corrected chi connectivity index (χ3v) is 5.70. The molecule has 4 rings (SSSR count). The number of carbonyl (C=O) groups is 1. The van der Waals surface area contributed by atoms with Gasteiger partial charge in [0.25, 0.3) is 5.91 Å². The van der Waals surface area contributed by atoms with E-state index in [2.05, 4.69) is 4.98 Å². The molecule has 0 saturated heterocycles. The number of fused-ring (bicyclic) bond motifs is 3. The van der Waals surface area contributed by atoms with Gasteiger partial charge in [-0.15, -0.1) is 0 Å². The van der Waals surface area contributed by atoms with E-state index in [1.54, 1.807) is 26.2 Å². The van der Waals surface area contributed by atoms with Gasteiger partial charge in [-0.2, -0.15) is 0 Å². The van der Waals surface area contributed by atoms with Crippen LogP contribution < -0.4 is 14.2 Å². The molecule has 2 aromatic carbocycles. The number of pyridine rings is 1. The number of hydrogen-bond acceptors (Lipinski definition) is 5. The van der Waals surface area contributed by atoms with Crippen molar-refractivity contribution in [2.24, 2.45) is 0 Å². The highest BCUT2D eigenvalue weighted by Crippen LogP contribution is 2.42. The van der Waals surface area contributed by atoms with E-state index >= 15 is 0 Å². The molecular weight excluding hydrogens is 406 g/mol. The molecule has 0 saturated carbocycles. The number of aromatic nitrogens is 2. The maximum absolute atomic E-state index is 13.2. The van der Waals surface area contributed by atoms with Crippen LogP contribution >= 0.6 is 0 Å². The zero-order valence-electron chi connectivity index (χ0n) is 19.0. The molecular formula is C25H27N3O4. The Balaban J connectivity index is 2.05. The number of hydrogen-bond donors (Lipinski definition) is 1. The molecule has 0 bridgehead atoms. The Hall–Kier alpha value is -3.74. The number of nitrogens with zero attached hydrogens (tertiary/aromatic N) is 2. The maximum atomic E-state index is 13.2. The Morgan fingerprint density at radius 1 is 0.938 bits per heavy atom. The first-order valence-electron chi connectivity index (χ1n) is 10.6. The lowest BCUT2D eigenvalue weighted by Gasteiger charge is -2.19. The minimum Gasteiger partial charge on any atom is -0.493 e. The summed E-state index contributed by atoms with van der Waals surface area (Å²) in [6, 6.07) is 13.6. The van der Waals surface area contributed by atoms with Gasteiger partial charge in [-0.05, 0) is 38.1 Å². The summed E-state index contributed by atoms with van der Waals surface area (Å²) in [5.41, 5.74) is 3.62. The summed E-state index contributed by atoms with van der Waals surface area (Å²) in [5.74, 6) is 1.44. The second-order valence-electron chi connectivity index (χ2n) is 7.34. The molecule has 0 spiro atoms. The third-order valence-electron chi connectivity index (χ3n) is 5.70. The molecule has 32 heavy (non-hydrogen) atoms. The van der Waals surface area contributed by atoms with Gasteiger partial charge in [0.1, 0.15) is 5.69 Å². The van der Waals surface area contributed by atoms with E-state index in [0.29, 0.717) is 41.7 Å². The van der Waals surface area contributed by atoms with Crippen molar-refractivity contribution in [1.82, 2.24) is 14.9 Å². The van der Waals surface area contributed by atoms with Crippen LogP contribution in [-0.2, 0) is 0 Å². The largest absolute Gasteiger partial charge is 0.493 e. The predicted octanol–water partition coefficient (Wildman–Crippen LogP) is 4.89. The van der Waals surface area contributed by atoms with E-state index in [-0.39, 0.29) is 5.91 Å². The lowest BCUT2D eigenvalue weighted by Crippen LogP contribution is -2.31. The Bertz CT molecular complexity index is 1270. The van der Waals surface area contributed by atoms with Crippen LogP contribution in [0.15, 0.2) is 42.5 Å². The molecule has 1 amide bonds. The molecule has 0 aliphatic heterocycles. The lowest BCUT2D eigenvalue weighted by atomic mass is 10.0. The molecule has 2 heterocycles. The lowest BCUT2D eigenvalue weighted by molar-refractivity contribution is 0.0767. The smallest absolute Gasteiger partial charge is 0.272 e. The first kappa shape index (κ1) is 21.5. The Morgan fingerprint density at radius 2 is 1.59 bits per heavy atom. The summed E-state index contributed by atoms with van der Waals surface area (Å²) in [6.07, 6.45) is 0. The van der Waals surface area contributed by atoms with Gasteiger partial charge in [-0.25, -0.2) is 4.98 Å². The van der Waals surface area contributed by atoms with E-state index in [1.165, 1.54) is 0 Å². The minimum atomic E-state index is -0.101. The average Bonchev–Trinajstić information content (AvgIpc) is 3.21. The molecule has 0 aliphatic carbocycles. The molecule has 2 aromatic heterocycles. The second kappa shape index (κ2) is 8.78. The van der Waals surface area contributed by atoms with Crippen LogP contribution in [0.5, 0.6) is 17.2 Å². The molecule has 0 aliphatic rings. The van der Waals surface area contributed by atoms with Gasteiger partial charge in [0.2, 0.25) is 5.75 Å². The first-order chi connectivity index (χ1) is 15.6. The van der Waals surface area contributed by atoms with Gasteiger partial charge in [0, 0.05) is 34.9 Å². The van der Waals surface area contributed by atoms with Crippen LogP contribution in [0.1, 0.15) is 24.3 Å². The average molecular weight is 434 g/mol. The second-order valence-corrected chi connectivity index (χ2v) is 7.34. The van der Waals surface area contributed by atoms with E-state index in [1.807, 2.05) is 56.3 Å². The Labute approximate surface area is 186 Å². The SMILES string of the molecule is CCN(CC)C(=O)c1cc2c([nH]c3ccccc32)c(-c2cc(OC)c(OC)c(OC)c2)n1. The van der Waals surface area contributed by atoms with Gasteiger partial charge in [-0.3, -0.25) is 4.79 Å². The zero-order chi connectivity index (χ0) is 22.8. The number of rotatable bonds is 7. The van der Waals surface area contributed by atoms with Gasteiger partial charge in [-0.1, -0.05) is 18.2 Å². The van der Waals surface area contributed by atoms with E-state index in [9.17, 15) is 4.79 Å². The zero-order valence-corrected chi connectivity index (χ0v) is 19.0. The number of ether oxygens (including phenoxy) is 3. The third kappa shape index (κ3) is 3.49. The number of methoxy groups -OCH3 is 3. The van der Waals surface area contributed by atoms with Crippen LogP contribution in [-0.4, -0.2) is 55.2 Å². The van der Waals surface area contributed by atoms with Crippen molar-refractivity contribution in [1.29, 1.82) is 0 Å². The highest BCUT2D eigenvalue weighted by atomic mass is 16.5. The van der Waals surface area contributed by atoms with Crippen LogP contribution in [0, 0.1) is 0 Å². The van der Waals surface area contributed by atoms with Crippen molar-refractivity contribution >= 4 is 27.7 Å². The predicted molar refractivity (Wildman–Crippen MR) is 126 cm³/mol. The molecule has 0 fully saturated rings. The summed E-state index contributed by atoms with van der Waals surface area (Å²) in [5, 5.41) is 1.97. The van der Waals surface area contributed by atoms with Crippen LogP contribution in [0.2, 0.25) is 0 Å². The monoisotopic (exact) mass is 433 g/mol. The molecule has 7 heteroatoms. The van der Waals surface area contributed by atoms with Crippen molar-refractivity contribution in [2.45, 2.75) is 13.8 Å². The summed E-state index contributed by atoms with van der Waals surface area (Å²) in [6.45, 7) is 5.16. The molecule has 0 radical (unpaired) electrons. The van der Waals surface area contributed by atoms with Gasteiger partial charge in [0.15, 0.2) is 11.5 Å². The van der Waals surface area contributed by atoms with Gasteiger partial charge in [0.05, 0.1) is 32.5 Å². The minimum absolute atomic E-state index is 0.101. The van der Waals surface area contributed by atoms with E-state index < -0.39 is 0 Å². The van der Waals surface area contributed by atoms with Crippen molar-refractivity contribution in [3.63, 3.8) is 0 Å². The normalized spacial score (nSPS) is 11.0. The quantitative estimate of drug-likeness (QED) is 0.449. The molecule has 1 N–H and O–H groups in total. The summed E-state index contributed by atoms with van der Waals surface area (Å²) in [7, 11) is 4.72. The van der Waals surface area contributed by atoms with Crippen LogP contribution in [0.4, 0.5) is 0 Å². The number of carbonyl (C=O) groups excluding carboxylic acids is 1. The number of H-pyrrole nitrogens is 1. The molecule has 7 nitrogen and oxygen atoms in total. The molecule has 166 valence electrons. The maximum Gasteiger partial charge on any atom is 0.272 e. The van der Waals surface area contributed by atoms with Crippen LogP contribution in [0.25, 0.3) is 33.1 Å². The number of para-hydroxylation sites is 1. The molecule has 4 aromatic rings. The van der Waals surface area contributed by atoms with Crippen molar-refractivity contribution in [2.75, 3.05) is 34.4 Å². The number of amides is 1. The standard InChI is InChI=1S/C25H27N3O4/c1-6-28(7-2)25(29)19-14-17-16-10-8-9-11-18(16)26-23(17)22(27-19)15-12-20(30-3)24(32-5)21(13-15)31-4/h8-14,26H,6-7H2,1-5H3. The summed E-state index contributed by atoms with van der Waals surface area (Å²) < 4.78 is 16.6. The fraction of sp³-hybridized carbons (Fsp3) is 0.280. The van der Waals surface area contributed by atoms with Gasteiger partial charge >= 0.3 is 0 Å². The number of aromatic amines is 1. The highest BCUT2D eigenvalue weighted by molar-refractivity contribution is 6.13. The topological polar surface area (TPSA) is 76.7 Å². The Morgan fingerprint density at radius 3 is 2.19 bits per heavy atom. The molecule has 0 atom stereocenters. The fourth-order valence-corrected chi connectivity index (χ4v) is 4.05. The van der Waals surface area contributed by atoms with Crippen molar-refractivity contribution in [3.05, 3.63) is 48.2 Å². The van der Waals surface area contributed by atoms with E-state index in [4.69, 9.17) is 19.2 Å².